The Hall–Kier alpha value is -3.46. The quantitative estimate of drug-likeness (QED) is 0.620. The van der Waals surface area contributed by atoms with E-state index < -0.39 is 0 Å². The van der Waals surface area contributed by atoms with Gasteiger partial charge >= 0.3 is 6.09 Å². The number of amides is 1. The van der Waals surface area contributed by atoms with Crippen molar-refractivity contribution in [2.45, 2.75) is 33.4 Å². The van der Waals surface area contributed by atoms with E-state index in [1.165, 1.54) is 0 Å². The van der Waals surface area contributed by atoms with E-state index in [0.717, 1.165) is 40.1 Å². The van der Waals surface area contributed by atoms with Crippen molar-refractivity contribution in [2.24, 2.45) is 0 Å². The molecule has 6 nitrogen and oxygen atoms in total. The lowest BCUT2D eigenvalue weighted by molar-refractivity contribution is 0.181. The lowest BCUT2D eigenvalue weighted by Gasteiger charge is -2.14. The van der Waals surface area contributed by atoms with Gasteiger partial charge in [-0.3, -0.25) is 4.90 Å². The Balaban J connectivity index is 1.82. The van der Waals surface area contributed by atoms with Crippen molar-refractivity contribution in [1.82, 2.24) is 4.57 Å². The minimum atomic E-state index is -0.323. The van der Waals surface area contributed by atoms with Crippen molar-refractivity contribution in [3.63, 3.8) is 0 Å². The molecule has 1 aliphatic heterocycles. The first-order chi connectivity index (χ1) is 14.0. The maximum Gasteiger partial charge on any atom is 0.414 e. The first-order valence-corrected chi connectivity index (χ1v) is 9.81. The summed E-state index contributed by atoms with van der Waals surface area (Å²) in [4.78, 5) is 13.4. The highest BCUT2D eigenvalue weighted by Gasteiger charge is 2.24. The first kappa shape index (κ1) is 18.9. The van der Waals surface area contributed by atoms with E-state index in [2.05, 4.69) is 17.6 Å². The Morgan fingerprint density at radius 2 is 1.97 bits per heavy atom. The number of carbonyl (C=O) groups excluding carboxylic acids is 1. The topological polar surface area (TPSA) is 67.5 Å². The number of benzene rings is 2. The number of anilines is 1. The van der Waals surface area contributed by atoms with Gasteiger partial charge in [-0.1, -0.05) is 12.1 Å². The summed E-state index contributed by atoms with van der Waals surface area (Å²) < 4.78 is 13.0. The Bertz CT molecular complexity index is 1110. The van der Waals surface area contributed by atoms with Crippen LogP contribution in [0.1, 0.15) is 26.3 Å². The zero-order chi connectivity index (χ0) is 20.5. The van der Waals surface area contributed by atoms with Gasteiger partial charge in [0.15, 0.2) is 0 Å². The third kappa shape index (κ3) is 3.29. The largest absolute Gasteiger partial charge is 0.491 e. The third-order valence-electron chi connectivity index (χ3n) is 5.05. The minimum absolute atomic E-state index is 0.0808. The number of hydrogen-bond donors (Lipinski definition) is 0. The summed E-state index contributed by atoms with van der Waals surface area (Å²) in [7, 11) is 0. The average Bonchev–Trinajstić information content (AvgIpc) is 3.27. The van der Waals surface area contributed by atoms with Gasteiger partial charge in [0.25, 0.3) is 0 Å². The molecule has 0 unspecified atom stereocenters. The molecule has 1 amide bonds. The van der Waals surface area contributed by atoms with E-state index >= 15 is 0 Å². The molecule has 1 fully saturated rings. The van der Waals surface area contributed by atoms with Crippen LogP contribution in [-0.4, -0.2) is 29.9 Å². The van der Waals surface area contributed by atoms with Crippen LogP contribution in [0.5, 0.6) is 5.75 Å². The van der Waals surface area contributed by atoms with Crippen molar-refractivity contribution in [1.29, 1.82) is 5.26 Å². The van der Waals surface area contributed by atoms with E-state index in [1.807, 2.05) is 56.3 Å². The second-order valence-electron chi connectivity index (χ2n) is 7.24. The SMILES string of the molecule is CCn1c(-c2ccc(N3CCOC3=O)cc2)c(C#N)c2ccc(OC(C)C)cc21. The average molecular weight is 389 g/mol. The molecule has 0 saturated carbocycles. The molecule has 2 heterocycles. The fourth-order valence-corrected chi connectivity index (χ4v) is 3.84. The number of fused-ring (bicyclic) bond motifs is 1. The Morgan fingerprint density at radius 3 is 2.55 bits per heavy atom. The number of cyclic esters (lactones) is 1. The predicted octanol–water partition coefficient (Wildman–Crippen LogP) is 4.94. The number of aryl methyl sites for hydroxylation is 1. The number of ether oxygens (including phenoxy) is 2. The van der Waals surface area contributed by atoms with Crippen LogP contribution in [0.15, 0.2) is 42.5 Å². The van der Waals surface area contributed by atoms with Crippen LogP contribution in [0.25, 0.3) is 22.2 Å². The highest BCUT2D eigenvalue weighted by Crippen LogP contribution is 2.36. The molecule has 1 saturated heterocycles. The van der Waals surface area contributed by atoms with E-state index in [-0.39, 0.29) is 12.2 Å². The van der Waals surface area contributed by atoms with Gasteiger partial charge in [-0.05, 0) is 50.6 Å². The molecule has 4 rings (SSSR count). The van der Waals surface area contributed by atoms with Crippen LogP contribution >= 0.6 is 0 Å². The van der Waals surface area contributed by atoms with Gasteiger partial charge in [-0.15, -0.1) is 0 Å². The molecular formula is C23H23N3O3. The van der Waals surface area contributed by atoms with E-state index in [4.69, 9.17) is 9.47 Å². The zero-order valence-corrected chi connectivity index (χ0v) is 16.8. The highest BCUT2D eigenvalue weighted by molar-refractivity contribution is 5.96. The van der Waals surface area contributed by atoms with Crippen molar-refractivity contribution < 1.29 is 14.3 Å². The first-order valence-electron chi connectivity index (χ1n) is 9.81. The van der Waals surface area contributed by atoms with E-state index in [1.54, 1.807) is 4.90 Å². The van der Waals surface area contributed by atoms with Crippen LogP contribution in [-0.2, 0) is 11.3 Å². The van der Waals surface area contributed by atoms with Crippen molar-refractivity contribution in [3.8, 4) is 23.1 Å². The van der Waals surface area contributed by atoms with Crippen LogP contribution in [0, 0.1) is 11.3 Å². The molecule has 0 bridgehead atoms. The summed E-state index contributed by atoms with van der Waals surface area (Å²) in [6.07, 6.45) is -0.243. The van der Waals surface area contributed by atoms with Gasteiger partial charge in [-0.25, -0.2) is 4.79 Å². The number of aromatic nitrogens is 1. The van der Waals surface area contributed by atoms with Gasteiger partial charge in [0.2, 0.25) is 0 Å². The van der Waals surface area contributed by atoms with Crippen LogP contribution < -0.4 is 9.64 Å². The van der Waals surface area contributed by atoms with E-state index in [9.17, 15) is 10.1 Å². The highest BCUT2D eigenvalue weighted by atomic mass is 16.6. The standard InChI is InChI=1S/C23H23N3O3/c1-4-25-21-13-18(29-15(2)3)9-10-19(21)20(14-24)22(25)16-5-7-17(8-6-16)26-11-12-28-23(26)27/h5-10,13,15H,4,11-12H2,1-3H3. The van der Waals surface area contributed by atoms with Crippen LogP contribution in [0.3, 0.4) is 0 Å². The number of nitrogens with zero attached hydrogens (tertiary/aromatic N) is 3. The summed E-state index contributed by atoms with van der Waals surface area (Å²) in [5.41, 5.74) is 4.22. The lowest BCUT2D eigenvalue weighted by atomic mass is 10.1. The summed E-state index contributed by atoms with van der Waals surface area (Å²) in [6, 6.07) is 15.9. The summed E-state index contributed by atoms with van der Waals surface area (Å²) in [5.74, 6) is 0.790. The van der Waals surface area contributed by atoms with Gasteiger partial charge < -0.3 is 14.0 Å². The molecule has 0 spiro atoms. The normalized spacial score (nSPS) is 13.8. The molecule has 148 valence electrons. The molecule has 3 aromatic rings. The number of rotatable bonds is 5. The maximum absolute atomic E-state index is 11.8. The van der Waals surface area contributed by atoms with Gasteiger partial charge in [0.1, 0.15) is 18.4 Å². The fourth-order valence-electron chi connectivity index (χ4n) is 3.84. The molecule has 0 aliphatic carbocycles. The molecule has 29 heavy (non-hydrogen) atoms. The van der Waals surface area contributed by atoms with Crippen molar-refractivity contribution in [3.05, 3.63) is 48.0 Å². The fraction of sp³-hybridized carbons (Fsp3) is 0.304. The molecular weight excluding hydrogens is 366 g/mol. The third-order valence-corrected chi connectivity index (χ3v) is 5.05. The number of hydrogen-bond acceptors (Lipinski definition) is 4. The molecule has 0 radical (unpaired) electrons. The summed E-state index contributed by atoms with van der Waals surface area (Å²) in [5, 5.41) is 10.8. The van der Waals surface area contributed by atoms with Crippen molar-refractivity contribution >= 4 is 22.7 Å². The van der Waals surface area contributed by atoms with Gasteiger partial charge in [-0.2, -0.15) is 5.26 Å². The zero-order valence-electron chi connectivity index (χ0n) is 16.8. The summed E-state index contributed by atoms with van der Waals surface area (Å²) >= 11 is 0. The molecule has 0 atom stereocenters. The second kappa shape index (κ2) is 7.51. The predicted molar refractivity (Wildman–Crippen MR) is 112 cm³/mol. The Morgan fingerprint density at radius 1 is 1.21 bits per heavy atom. The van der Waals surface area contributed by atoms with Crippen molar-refractivity contribution in [2.75, 3.05) is 18.1 Å². The minimum Gasteiger partial charge on any atom is -0.491 e. The Labute approximate surface area is 169 Å². The Kier molecular flexibility index (Phi) is 4.89. The lowest BCUT2D eigenvalue weighted by Crippen LogP contribution is -2.23. The maximum atomic E-state index is 11.8. The molecule has 6 heteroatoms. The monoisotopic (exact) mass is 389 g/mol. The summed E-state index contributed by atoms with van der Waals surface area (Å²) in [6.45, 7) is 7.73. The molecule has 2 aromatic carbocycles. The smallest absolute Gasteiger partial charge is 0.414 e. The molecule has 1 aromatic heterocycles. The van der Waals surface area contributed by atoms with Crippen LogP contribution in [0.2, 0.25) is 0 Å². The van der Waals surface area contributed by atoms with Gasteiger partial charge in [0, 0.05) is 23.7 Å². The van der Waals surface area contributed by atoms with E-state index in [0.29, 0.717) is 18.7 Å². The second-order valence-corrected chi connectivity index (χ2v) is 7.24. The molecule has 1 aliphatic rings. The number of nitriles is 1. The van der Waals surface area contributed by atoms with Crippen LogP contribution in [0.4, 0.5) is 10.5 Å². The molecule has 0 N–H and O–H groups in total. The number of carbonyl (C=O) groups is 1. The van der Waals surface area contributed by atoms with Gasteiger partial charge in [0.05, 0.1) is 29.4 Å².